The summed E-state index contributed by atoms with van der Waals surface area (Å²) in [6.07, 6.45) is 0. The van der Waals surface area contributed by atoms with Crippen molar-refractivity contribution in [3.8, 4) is 0 Å². The number of thioether (sulfide) groups is 2. The fraction of sp³-hybridized carbons (Fsp3) is 0.412. The highest BCUT2D eigenvalue weighted by Gasteiger charge is 2.41. The number of carboxylic acids is 1. The summed E-state index contributed by atoms with van der Waals surface area (Å²) in [5.41, 5.74) is 0.230. The van der Waals surface area contributed by atoms with Gasteiger partial charge in [0.2, 0.25) is 5.91 Å². The standard InChI is InChI=1S/C17H17Cl2NO5S2/c1-8(16(23)20-7-26-6-13(20)17(24)25)15(27-9(2)21)14(22)10-3-4-11(18)12(19)5-10/h3-5,8,13,15H,6-7H2,1-2H3,(H,24,25)/t8-,13+,15?/m1/s1. The van der Waals surface area contributed by atoms with Crippen molar-refractivity contribution in [2.75, 3.05) is 11.6 Å². The summed E-state index contributed by atoms with van der Waals surface area (Å²) in [5, 5.41) is 8.44. The number of nitrogens with zero attached hydrogens (tertiary/aromatic N) is 1. The van der Waals surface area contributed by atoms with E-state index in [-0.39, 0.29) is 26.6 Å². The van der Waals surface area contributed by atoms with E-state index in [1.807, 2.05) is 0 Å². The number of carbonyl (C=O) groups is 4. The van der Waals surface area contributed by atoms with Crippen LogP contribution in [0.3, 0.4) is 0 Å². The van der Waals surface area contributed by atoms with Crippen LogP contribution in [0.1, 0.15) is 24.2 Å². The normalized spacial score (nSPS) is 18.8. The molecule has 1 N–H and O–H groups in total. The highest BCUT2D eigenvalue weighted by Crippen LogP contribution is 2.31. The lowest BCUT2D eigenvalue weighted by molar-refractivity contribution is -0.149. The Bertz CT molecular complexity index is 789. The van der Waals surface area contributed by atoms with Gasteiger partial charge in [0.25, 0.3) is 0 Å². The molecule has 27 heavy (non-hydrogen) atoms. The van der Waals surface area contributed by atoms with Crippen molar-refractivity contribution in [3.05, 3.63) is 33.8 Å². The van der Waals surface area contributed by atoms with E-state index in [1.54, 1.807) is 0 Å². The summed E-state index contributed by atoms with van der Waals surface area (Å²) in [6.45, 7) is 2.84. The van der Waals surface area contributed by atoms with Gasteiger partial charge in [-0.1, -0.05) is 41.9 Å². The average molecular weight is 450 g/mol. The number of hydrogen-bond donors (Lipinski definition) is 1. The van der Waals surface area contributed by atoms with Crippen molar-refractivity contribution in [2.45, 2.75) is 25.1 Å². The second-order valence-corrected chi connectivity index (χ2v) is 9.11. The van der Waals surface area contributed by atoms with Crippen LogP contribution in [-0.4, -0.2) is 55.7 Å². The molecule has 146 valence electrons. The molecule has 0 spiro atoms. The molecule has 10 heteroatoms. The minimum Gasteiger partial charge on any atom is -0.480 e. The van der Waals surface area contributed by atoms with E-state index in [9.17, 15) is 24.3 Å². The van der Waals surface area contributed by atoms with Gasteiger partial charge in [-0.3, -0.25) is 14.4 Å². The molecule has 0 bridgehead atoms. The van der Waals surface area contributed by atoms with Gasteiger partial charge in [-0.15, -0.1) is 11.8 Å². The van der Waals surface area contributed by atoms with E-state index in [4.69, 9.17) is 23.2 Å². The van der Waals surface area contributed by atoms with Crippen molar-refractivity contribution in [1.29, 1.82) is 0 Å². The molecular weight excluding hydrogens is 433 g/mol. The Hall–Kier alpha value is -1.22. The number of hydrogen-bond acceptors (Lipinski definition) is 6. The Labute approximate surface area is 174 Å². The van der Waals surface area contributed by atoms with Crippen molar-refractivity contribution in [3.63, 3.8) is 0 Å². The van der Waals surface area contributed by atoms with E-state index in [0.717, 1.165) is 11.8 Å². The molecule has 1 heterocycles. The van der Waals surface area contributed by atoms with Gasteiger partial charge in [0.05, 0.1) is 27.1 Å². The smallest absolute Gasteiger partial charge is 0.327 e. The molecular formula is C17H17Cl2NO5S2. The molecule has 1 aliphatic rings. The van der Waals surface area contributed by atoms with E-state index >= 15 is 0 Å². The lowest BCUT2D eigenvalue weighted by Gasteiger charge is -2.27. The van der Waals surface area contributed by atoms with Crippen molar-refractivity contribution in [2.24, 2.45) is 5.92 Å². The van der Waals surface area contributed by atoms with Crippen LogP contribution in [0.15, 0.2) is 18.2 Å². The van der Waals surface area contributed by atoms with Gasteiger partial charge in [0, 0.05) is 18.2 Å². The molecule has 3 atom stereocenters. The van der Waals surface area contributed by atoms with Crippen LogP contribution in [0.4, 0.5) is 0 Å². The van der Waals surface area contributed by atoms with Crippen LogP contribution < -0.4 is 0 Å². The predicted octanol–water partition coefficient (Wildman–Crippen LogP) is 3.45. The van der Waals surface area contributed by atoms with E-state index in [0.29, 0.717) is 5.75 Å². The maximum atomic E-state index is 13.0. The number of benzene rings is 1. The van der Waals surface area contributed by atoms with Gasteiger partial charge >= 0.3 is 5.97 Å². The summed E-state index contributed by atoms with van der Waals surface area (Å²) < 4.78 is 0. The van der Waals surface area contributed by atoms with Crippen LogP contribution in [-0.2, 0) is 14.4 Å². The maximum Gasteiger partial charge on any atom is 0.327 e. The second-order valence-electron chi connectivity index (χ2n) is 5.97. The molecule has 0 aromatic heterocycles. The topological polar surface area (TPSA) is 91.8 Å². The monoisotopic (exact) mass is 449 g/mol. The third-order valence-electron chi connectivity index (χ3n) is 4.05. The minimum absolute atomic E-state index is 0.190. The van der Waals surface area contributed by atoms with Gasteiger partial charge < -0.3 is 10.0 Å². The molecule has 1 aromatic carbocycles. The summed E-state index contributed by atoms with van der Waals surface area (Å²) in [4.78, 5) is 50.1. The van der Waals surface area contributed by atoms with Crippen LogP contribution in [0.5, 0.6) is 0 Å². The Balaban J connectivity index is 2.30. The maximum absolute atomic E-state index is 13.0. The van der Waals surface area contributed by atoms with Crippen LogP contribution in [0, 0.1) is 5.92 Å². The molecule has 0 aliphatic carbocycles. The zero-order valence-corrected chi connectivity index (χ0v) is 17.6. The Morgan fingerprint density at radius 3 is 2.48 bits per heavy atom. The lowest BCUT2D eigenvalue weighted by Crippen LogP contribution is -2.47. The minimum atomic E-state index is -1.09. The number of carbonyl (C=O) groups excluding carboxylic acids is 3. The molecule has 1 unspecified atom stereocenters. The summed E-state index contributed by atoms with van der Waals surface area (Å²) in [7, 11) is 0. The first kappa shape index (κ1) is 22.1. The first-order valence-electron chi connectivity index (χ1n) is 7.91. The third-order valence-corrected chi connectivity index (χ3v) is 7.01. The van der Waals surface area contributed by atoms with E-state index in [2.05, 4.69) is 0 Å². The molecule has 0 saturated carbocycles. The number of ketones is 1. The molecule has 0 radical (unpaired) electrons. The van der Waals surface area contributed by atoms with Gasteiger partial charge in [0.1, 0.15) is 6.04 Å². The number of Topliss-reactive ketones (excluding diaryl/α,β-unsaturated/α-hetero) is 1. The highest BCUT2D eigenvalue weighted by atomic mass is 35.5. The zero-order valence-electron chi connectivity index (χ0n) is 14.5. The molecule has 1 fully saturated rings. The SMILES string of the molecule is CC(=O)SC(C(=O)c1ccc(Cl)c(Cl)c1)[C@@H](C)C(=O)N1CSC[C@H]1C(=O)O. The number of rotatable bonds is 6. The van der Waals surface area contributed by atoms with Gasteiger partial charge in [0.15, 0.2) is 10.9 Å². The van der Waals surface area contributed by atoms with Gasteiger partial charge in [-0.05, 0) is 18.2 Å². The molecule has 1 aromatic rings. The third kappa shape index (κ3) is 5.19. The van der Waals surface area contributed by atoms with Crippen LogP contribution >= 0.6 is 46.7 Å². The fourth-order valence-corrected chi connectivity index (χ4v) is 5.01. The fourth-order valence-electron chi connectivity index (χ4n) is 2.63. The summed E-state index contributed by atoms with van der Waals surface area (Å²) in [6, 6.07) is 3.40. The Kier molecular flexibility index (Phi) is 7.62. The summed E-state index contributed by atoms with van der Waals surface area (Å²) in [5.74, 6) is -2.36. The van der Waals surface area contributed by atoms with E-state index in [1.165, 1.54) is 48.7 Å². The number of amides is 1. The van der Waals surface area contributed by atoms with Crippen LogP contribution in [0.25, 0.3) is 0 Å². The largest absolute Gasteiger partial charge is 0.480 e. The quantitative estimate of drug-likeness (QED) is 0.664. The Morgan fingerprint density at radius 2 is 1.93 bits per heavy atom. The molecule has 1 saturated heterocycles. The van der Waals surface area contributed by atoms with Gasteiger partial charge in [-0.2, -0.15) is 0 Å². The van der Waals surface area contributed by atoms with Crippen LogP contribution in [0.2, 0.25) is 10.0 Å². The summed E-state index contributed by atoms with van der Waals surface area (Å²) >= 11 is 13.9. The molecule has 1 amide bonds. The number of halogens is 2. The number of carboxylic acid groups (broad SMARTS) is 1. The number of aliphatic carboxylic acids is 1. The first-order chi connectivity index (χ1) is 12.6. The van der Waals surface area contributed by atoms with Crippen molar-refractivity contribution < 1.29 is 24.3 Å². The van der Waals surface area contributed by atoms with Crippen molar-refractivity contribution in [1.82, 2.24) is 4.90 Å². The highest BCUT2D eigenvalue weighted by molar-refractivity contribution is 8.14. The molecule has 1 aliphatic heterocycles. The zero-order chi connectivity index (χ0) is 20.3. The second kappa shape index (κ2) is 9.32. The predicted molar refractivity (Wildman–Crippen MR) is 108 cm³/mol. The molecule has 2 rings (SSSR count). The lowest BCUT2D eigenvalue weighted by atomic mass is 9.97. The first-order valence-corrected chi connectivity index (χ1v) is 10.7. The van der Waals surface area contributed by atoms with E-state index < -0.39 is 34.9 Å². The average Bonchev–Trinajstić information content (AvgIpc) is 3.10. The molecule has 6 nitrogen and oxygen atoms in total. The van der Waals surface area contributed by atoms with Crippen molar-refractivity contribution >= 4 is 69.5 Å². The Morgan fingerprint density at radius 1 is 1.26 bits per heavy atom. The van der Waals surface area contributed by atoms with Gasteiger partial charge in [-0.25, -0.2) is 4.79 Å².